The second kappa shape index (κ2) is 6.17. The SMILES string of the molecule is CCC(CNC(C)(C)C)N1CCN(C)C(C)C1. The van der Waals surface area contributed by atoms with Crippen molar-refractivity contribution in [1.29, 1.82) is 0 Å². The predicted octanol–water partition coefficient (Wildman–Crippen LogP) is 1.79. The van der Waals surface area contributed by atoms with Crippen LogP contribution in [0.4, 0.5) is 0 Å². The summed E-state index contributed by atoms with van der Waals surface area (Å²) in [6.07, 6.45) is 1.24. The first-order valence-electron chi connectivity index (χ1n) is 7.03. The second-order valence-electron chi connectivity index (χ2n) is 6.52. The largest absolute Gasteiger partial charge is 0.311 e. The smallest absolute Gasteiger partial charge is 0.0219 e. The topological polar surface area (TPSA) is 18.5 Å². The van der Waals surface area contributed by atoms with Crippen LogP contribution in [-0.4, -0.2) is 60.6 Å². The van der Waals surface area contributed by atoms with Gasteiger partial charge in [-0.3, -0.25) is 4.90 Å². The fourth-order valence-electron chi connectivity index (χ4n) is 2.36. The van der Waals surface area contributed by atoms with Crippen molar-refractivity contribution in [2.24, 2.45) is 0 Å². The zero-order valence-corrected chi connectivity index (χ0v) is 12.6. The molecule has 1 N–H and O–H groups in total. The van der Waals surface area contributed by atoms with E-state index in [4.69, 9.17) is 0 Å². The van der Waals surface area contributed by atoms with Crippen molar-refractivity contribution in [1.82, 2.24) is 15.1 Å². The van der Waals surface area contributed by atoms with E-state index in [2.05, 4.69) is 56.8 Å². The number of rotatable bonds is 4. The minimum Gasteiger partial charge on any atom is -0.311 e. The van der Waals surface area contributed by atoms with Crippen LogP contribution in [0, 0.1) is 0 Å². The van der Waals surface area contributed by atoms with Gasteiger partial charge < -0.3 is 10.2 Å². The molecule has 3 nitrogen and oxygen atoms in total. The summed E-state index contributed by atoms with van der Waals surface area (Å²) in [6, 6.07) is 1.37. The lowest BCUT2D eigenvalue weighted by atomic mass is 10.1. The minimum atomic E-state index is 0.228. The molecule has 1 aliphatic heterocycles. The molecule has 17 heavy (non-hydrogen) atoms. The average molecular weight is 241 g/mol. The van der Waals surface area contributed by atoms with E-state index in [-0.39, 0.29) is 5.54 Å². The van der Waals surface area contributed by atoms with Crippen LogP contribution in [0.1, 0.15) is 41.0 Å². The molecule has 1 saturated heterocycles. The van der Waals surface area contributed by atoms with Gasteiger partial charge in [0.1, 0.15) is 0 Å². The van der Waals surface area contributed by atoms with Crippen LogP contribution in [0.5, 0.6) is 0 Å². The van der Waals surface area contributed by atoms with Crippen molar-refractivity contribution in [2.75, 3.05) is 33.2 Å². The zero-order chi connectivity index (χ0) is 13.1. The Morgan fingerprint density at radius 3 is 2.41 bits per heavy atom. The Labute approximate surface area is 108 Å². The van der Waals surface area contributed by atoms with E-state index >= 15 is 0 Å². The highest BCUT2D eigenvalue weighted by atomic mass is 15.3. The maximum absolute atomic E-state index is 3.64. The molecule has 1 fully saturated rings. The molecule has 0 radical (unpaired) electrons. The maximum Gasteiger partial charge on any atom is 0.0219 e. The van der Waals surface area contributed by atoms with Gasteiger partial charge in [0.2, 0.25) is 0 Å². The summed E-state index contributed by atoms with van der Waals surface area (Å²) in [7, 11) is 2.23. The maximum atomic E-state index is 3.64. The Morgan fingerprint density at radius 1 is 1.29 bits per heavy atom. The summed E-state index contributed by atoms with van der Waals surface area (Å²) in [5.74, 6) is 0. The van der Waals surface area contributed by atoms with Crippen LogP contribution >= 0.6 is 0 Å². The van der Waals surface area contributed by atoms with Crippen molar-refractivity contribution in [3.05, 3.63) is 0 Å². The predicted molar refractivity (Wildman–Crippen MR) is 75.5 cm³/mol. The van der Waals surface area contributed by atoms with E-state index in [1.807, 2.05) is 0 Å². The van der Waals surface area contributed by atoms with Crippen molar-refractivity contribution < 1.29 is 0 Å². The van der Waals surface area contributed by atoms with Gasteiger partial charge in [0.25, 0.3) is 0 Å². The van der Waals surface area contributed by atoms with Gasteiger partial charge in [-0.1, -0.05) is 6.92 Å². The van der Waals surface area contributed by atoms with Crippen molar-refractivity contribution in [2.45, 2.75) is 58.7 Å². The Morgan fingerprint density at radius 2 is 1.94 bits per heavy atom. The van der Waals surface area contributed by atoms with Crippen LogP contribution in [0.15, 0.2) is 0 Å². The fraction of sp³-hybridized carbons (Fsp3) is 1.00. The van der Waals surface area contributed by atoms with Gasteiger partial charge >= 0.3 is 0 Å². The summed E-state index contributed by atoms with van der Waals surface area (Å²) >= 11 is 0. The summed E-state index contributed by atoms with van der Waals surface area (Å²) in [4.78, 5) is 5.11. The lowest BCUT2D eigenvalue weighted by molar-refractivity contribution is 0.0676. The number of nitrogens with zero attached hydrogens (tertiary/aromatic N) is 2. The summed E-state index contributed by atoms with van der Waals surface area (Å²) < 4.78 is 0. The molecule has 1 aliphatic rings. The molecule has 1 rings (SSSR count). The molecule has 3 heteroatoms. The molecular weight excluding hydrogens is 210 g/mol. The third-order valence-corrected chi connectivity index (χ3v) is 3.85. The monoisotopic (exact) mass is 241 g/mol. The van der Waals surface area contributed by atoms with Crippen LogP contribution in [0.3, 0.4) is 0 Å². The first kappa shape index (κ1) is 14.9. The van der Waals surface area contributed by atoms with E-state index in [9.17, 15) is 0 Å². The number of piperazine rings is 1. The summed E-state index contributed by atoms with van der Waals surface area (Å²) in [5.41, 5.74) is 0.228. The van der Waals surface area contributed by atoms with Crippen LogP contribution in [0.25, 0.3) is 0 Å². The Balaban J connectivity index is 2.45. The van der Waals surface area contributed by atoms with Gasteiger partial charge in [0, 0.05) is 43.8 Å². The Bertz CT molecular complexity index is 222. The van der Waals surface area contributed by atoms with Gasteiger partial charge in [-0.25, -0.2) is 0 Å². The number of hydrogen-bond donors (Lipinski definition) is 1. The van der Waals surface area contributed by atoms with Gasteiger partial charge in [-0.15, -0.1) is 0 Å². The second-order valence-corrected chi connectivity index (χ2v) is 6.52. The molecule has 0 aromatic heterocycles. The number of nitrogens with one attached hydrogen (secondary N) is 1. The quantitative estimate of drug-likeness (QED) is 0.809. The van der Waals surface area contributed by atoms with E-state index in [0.717, 1.165) is 6.54 Å². The molecule has 2 unspecified atom stereocenters. The molecule has 0 bridgehead atoms. The number of hydrogen-bond acceptors (Lipinski definition) is 3. The molecule has 102 valence electrons. The summed E-state index contributed by atoms with van der Waals surface area (Å²) in [6.45, 7) is 16.1. The van der Waals surface area contributed by atoms with Gasteiger partial charge in [0.15, 0.2) is 0 Å². The van der Waals surface area contributed by atoms with E-state index < -0.39 is 0 Å². The van der Waals surface area contributed by atoms with Crippen molar-refractivity contribution >= 4 is 0 Å². The standard InChI is InChI=1S/C14H31N3/c1-7-13(10-15-14(3,4)5)17-9-8-16(6)12(2)11-17/h12-13,15H,7-11H2,1-6H3. The fourth-order valence-corrected chi connectivity index (χ4v) is 2.36. The molecule has 0 spiro atoms. The van der Waals surface area contributed by atoms with Crippen molar-refractivity contribution in [3.8, 4) is 0 Å². The molecule has 0 aliphatic carbocycles. The average Bonchev–Trinajstić information content (AvgIpc) is 2.22. The van der Waals surface area contributed by atoms with Crippen LogP contribution in [0.2, 0.25) is 0 Å². The summed E-state index contributed by atoms with van der Waals surface area (Å²) in [5, 5.41) is 3.64. The third-order valence-electron chi connectivity index (χ3n) is 3.85. The van der Waals surface area contributed by atoms with E-state index in [1.165, 1.54) is 26.1 Å². The molecule has 1 heterocycles. The third kappa shape index (κ3) is 4.94. The number of likely N-dealkylation sites (N-methyl/N-ethyl adjacent to an activating group) is 1. The first-order chi connectivity index (χ1) is 7.83. The van der Waals surface area contributed by atoms with Gasteiger partial charge in [0.05, 0.1) is 0 Å². The zero-order valence-electron chi connectivity index (χ0n) is 12.6. The molecule has 0 aromatic carbocycles. The van der Waals surface area contributed by atoms with E-state index in [1.54, 1.807) is 0 Å². The Hall–Kier alpha value is -0.120. The normalized spacial score (nSPS) is 26.1. The van der Waals surface area contributed by atoms with Gasteiger partial charge in [-0.2, -0.15) is 0 Å². The van der Waals surface area contributed by atoms with Crippen LogP contribution in [-0.2, 0) is 0 Å². The highest BCUT2D eigenvalue weighted by Gasteiger charge is 2.26. The lowest BCUT2D eigenvalue weighted by Crippen LogP contribution is -2.56. The first-order valence-corrected chi connectivity index (χ1v) is 7.03. The highest BCUT2D eigenvalue weighted by molar-refractivity contribution is 4.84. The van der Waals surface area contributed by atoms with Crippen LogP contribution < -0.4 is 5.32 Å². The lowest BCUT2D eigenvalue weighted by Gasteiger charge is -2.42. The highest BCUT2D eigenvalue weighted by Crippen LogP contribution is 2.13. The minimum absolute atomic E-state index is 0.228. The van der Waals surface area contributed by atoms with Crippen molar-refractivity contribution in [3.63, 3.8) is 0 Å². The molecule has 0 aromatic rings. The van der Waals surface area contributed by atoms with Gasteiger partial charge in [-0.05, 0) is 41.2 Å². The molecule has 0 amide bonds. The molecule has 0 saturated carbocycles. The molecular formula is C14H31N3. The Kier molecular flexibility index (Phi) is 5.42. The van der Waals surface area contributed by atoms with E-state index in [0.29, 0.717) is 12.1 Å². The molecule has 2 atom stereocenters.